The van der Waals surface area contributed by atoms with Gasteiger partial charge < -0.3 is 23.7 Å². The Hall–Kier alpha value is -2.95. The molecule has 1 fully saturated rings. The summed E-state index contributed by atoms with van der Waals surface area (Å²) in [5, 5.41) is 0. The predicted octanol–water partition coefficient (Wildman–Crippen LogP) is 6.74. The normalized spacial score (nSPS) is 16.0. The third-order valence-electron chi connectivity index (χ3n) is 6.19. The lowest BCUT2D eigenvalue weighted by molar-refractivity contribution is -0.113. The molecule has 7 nitrogen and oxygen atoms in total. The van der Waals surface area contributed by atoms with Crippen molar-refractivity contribution >= 4 is 49.8 Å². The molecule has 9 heteroatoms. The number of likely N-dealkylation sites (tertiary alicyclic amines) is 1. The Labute approximate surface area is 251 Å². The van der Waals surface area contributed by atoms with Crippen molar-refractivity contribution in [2.24, 2.45) is 0 Å². The first-order chi connectivity index (χ1) is 19.4. The summed E-state index contributed by atoms with van der Waals surface area (Å²) in [4.78, 5) is 16.0. The average molecular weight is 673 g/mol. The van der Waals surface area contributed by atoms with Crippen molar-refractivity contribution in [3.63, 3.8) is 0 Å². The van der Waals surface area contributed by atoms with E-state index in [1.54, 1.807) is 21.3 Å². The largest absolute Gasteiger partial charge is 0.497 e. The Morgan fingerprint density at radius 2 is 1.25 bits per heavy atom. The lowest BCUT2D eigenvalue weighted by atomic mass is 9.94. The van der Waals surface area contributed by atoms with Crippen LogP contribution >= 0.6 is 31.9 Å². The van der Waals surface area contributed by atoms with Crippen LogP contribution in [0.4, 0.5) is 0 Å². The summed E-state index contributed by atoms with van der Waals surface area (Å²) in [5.74, 6) is 2.18. The Bertz CT molecular complexity index is 1310. The van der Waals surface area contributed by atoms with Gasteiger partial charge >= 0.3 is 0 Å². The van der Waals surface area contributed by atoms with E-state index in [-0.39, 0.29) is 19.4 Å². The fourth-order valence-corrected chi connectivity index (χ4v) is 5.33. The highest BCUT2D eigenvalue weighted by molar-refractivity contribution is 9.10. The number of Topliss-reactive ketones (excluding diaryl/α,β-unsaturated/α-hetero) is 1. The van der Waals surface area contributed by atoms with Gasteiger partial charge in [0.1, 0.15) is 17.2 Å². The van der Waals surface area contributed by atoms with Crippen LogP contribution in [0.1, 0.15) is 16.7 Å². The highest BCUT2D eigenvalue weighted by Crippen LogP contribution is 2.31. The summed E-state index contributed by atoms with van der Waals surface area (Å²) in [7, 11) is 4.81. The molecule has 0 bridgehead atoms. The maximum Gasteiger partial charge on any atom is 0.188 e. The number of benzene rings is 3. The zero-order chi connectivity index (χ0) is 28.5. The van der Waals surface area contributed by atoms with Crippen LogP contribution in [0.25, 0.3) is 12.2 Å². The van der Waals surface area contributed by atoms with Crippen LogP contribution in [0.5, 0.6) is 17.2 Å². The van der Waals surface area contributed by atoms with Crippen molar-refractivity contribution in [3.05, 3.63) is 97.4 Å². The molecule has 1 aliphatic rings. The smallest absolute Gasteiger partial charge is 0.188 e. The van der Waals surface area contributed by atoms with E-state index in [1.807, 2.05) is 72.8 Å². The molecule has 4 rings (SSSR count). The molecule has 40 heavy (non-hydrogen) atoms. The number of rotatable bonds is 11. The van der Waals surface area contributed by atoms with Gasteiger partial charge in [-0.15, -0.1) is 0 Å². The highest BCUT2D eigenvalue weighted by atomic mass is 79.9. The zero-order valence-corrected chi connectivity index (χ0v) is 25.8. The Kier molecular flexibility index (Phi) is 11.0. The number of piperidine rings is 1. The number of carbonyl (C=O) groups is 1. The molecule has 0 aliphatic carbocycles. The van der Waals surface area contributed by atoms with Crippen LogP contribution < -0.4 is 14.2 Å². The fourth-order valence-electron chi connectivity index (χ4n) is 4.31. The molecule has 0 spiro atoms. The van der Waals surface area contributed by atoms with Gasteiger partial charge in [-0.2, -0.15) is 0 Å². The third kappa shape index (κ3) is 8.05. The molecular weight excluding hydrogens is 642 g/mol. The number of hydrogen-bond donors (Lipinski definition) is 0. The maximum atomic E-state index is 13.7. The summed E-state index contributed by atoms with van der Waals surface area (Å²) in [5.41, 5.74) is 4.35. The van der Waals surface area contributed by atoms with Gasteiger partial charge in [0, 0.05) is 45.0 Å². The van der Waals surface area contributed by atoms with E-state index in [2.05, 4.69) is 36.8 Å². The van der Waals surface area contributed by atoms with Gasteiger partial charge in [-0.25, -0.2) is 0 Å². The van der Waals surface area contributed by atoms with Crippen molar-refractivity contribution in [2.45, 2.75) is 6.54 Å². The van der Waals surface area contributed by atoms with Gasteiger partial charge in [-0.05, 0) is 97.1 Å². The first-order valence-electron chi connectivity index (χ1n) is 12.5. The zero-order valence-electron chi connectivity index (χ0n) is 22.6. The number of ketones is 1. The Balaban J connectivity index is 1.64. The van der Waals surface area contributed by atoms with E-state index in [0.717, 1.165) is 31.4 Å². The summed E-state index contributed by atoms with van der Waals surface area (Å²) < 4.78 is 28.0. The number of carbonyl (C=O) groups excluding carboxylic acids is 1. The molecule has 1 heterocycles. The van der Waals surface area contributed by atoms with Crippen LogP contribution in [0.2, 0.25) is 0 Å². The molecule has 0 radical (unpaired) electrons. The van der Waals surface area contributed by atoms with Gasteiger partial charge in [-0.1, -0.05) is 24.3 Å². The number of halogens is 2. The van der Waals surface area contributed by atoms with Crippen molar-refractivity contribution in [2.75, 3.05) is 48.0 Å². The lowest BCUT2D eigenvalue weighted by Gasteiger charge is -2.30. The number of methoxy groups -OCH3 is 3. The second-order valence-corrected chi connectivity index (χ2v) is 10.9. The molecule has 0 aromatic heterocycles. The van der Waals surface area contributed by atoms with Gasteiger partial charge in [0.05, 0.1) is 16.1 Å². The molecular formula is C31H31Br2NO6. The minimum Gasteiger partial charge on any atom is -0.497 e. The first kappa shape index (κ1) is 30.0. The van der Waals surface area contributed by atoms with E-state index >= 15 is 0 Å². The van der Waals surface area contributed by atoms with E-state index in [1.165, 1.54) is 0 Å². The van der Waals surface area contributed by atoms with E-state index in [0.29, 0.717) is 42.3 Å². The lowest BCUT2D eigenvalue weighted by Crippen LogP contribution is -2.37. The minimum atomic E-state index is 0.0256. The van der Waals surface area contributed by atoms with Crippen molar-refractivity contribution in [3.8, 4) is 17.2 Å². The van der Waals surface area contributed by atoms with Crippen LogP contribution in [0.15, 0.2) is 80.8 Å². The Morgan fingerprint density at radius 1 is 0.750 bits per heavy atom. The number of hydrogen-bond acceptors (Lipinski definition) is 7. The molecule has 3 aromatic rings. The van der Waals surface area contributed by atoms with Crippen molar-refractivity contribution < 1.29 is 28.5 Å². The SMILES string of the molecule is COCOc1ccc(/C=C2\CN(Cc3ccc(OC)cc3)C/C(=C\c3ccc(OCOC)c(Br)c3)C2=O)cc1Br. The van der Waals surface area contributed by atoms with Gasteiger partial charge in [-0.3, -0.25) is 9.69 Å². The van der Waals surface area contributed by atoms with Gasteiger partial charge in [0.2, 0.25) is 0 Å². The van der Waals surface area contributed by atoms with Crippen LogP contribution in [-0.2, 0) is 20.8 Å². The molecule has 0 amide bonds. The van der Waals surface area contributed by atoms with Crippen LogP contribution in [-0.4, -0.2) is 58.7 Å². The molecule has 3 aromatic carbocycles. The molecule has 1 saturated heterocycles. The predicted molar refractivity (Wildman–Crippen MR) is 163 cm³/mol. The summed E-state index contributed by atoms with van der Waals surface area (Å²) in [6.45, 7) is 2.04. The van der Waals surface area contributed by atoms with Crippen LogP contribution in [0.3, 0.4) is 0 Å². The second kappa shape index (κ2) is 14.6. The minimum absolute atomic E-state index is 0.0256. The molecule has 0 N–H and O–H groups in total. The molecule has 1 aliphatic heterocycles. The monoisotopic (exact) mass is 671 g/mol. The maximum absolute atomic E-state index is 13.7. The van der Waals surface area contributed by atoms with E-state index in [9.17, 15) is 4.79 Å². The average Bonchev–Trinajstić information content (AvgIpc) is 2.95. The summed E-state index contributed by atoms with van der Waals surface area (Å²) >= 11 is 7.12. The highest BCUT2D eigenvalue weighted by Gasteiger charge is 2.26. The Morgan fingerprint density at radius 3 is 1.68 bits per heavy atom. The first-order valence-corrected chi connectivity index (χ1v) is 14.1. The summed E-state index contributed by atoms with van der Waals surface area (Å²) in [6, 6.07) is 19.5. The molecule has 0 atom stereocenters. The standard InChI is InChI=1S/C31H31Br2NO6/c1-36-19-39-29-10-6-22(14-27(29)32)12-24-17-34(16-21-4-8-26(38-3)9-5-21)18-25(31(24)35)13-23-7-11-30(28(33)15-23)40-20-37-2/h4-15H,16-20H2,1-3H3/b24-12+,25-13+. The van der Waals surface area contributed by atoms with Crippen LogP contribution in [0, 0.1) is 0 Å². The fraction of sp³-hybridized carbons (Fsp3) is 0.258. The second-order valence-electron chi connectivity index (χ2n) is 9.14. The third-order valence-corrected chi connectivity index (χ3v) is 7.43. The van der Waals surface area contributed by atoms with Crippen molar-refractivity contribution in [1.29, 1.82) is 0 Å². The summed E-state index contributed by atoms with van der Waals surface area (Å²) in [6.07, 6.45) is 3.89. The topological polar surface area (TPSA) is 66.5 Å². The molecule has 210 valence electrons. The molecule has 0 unspecified atom stereocenters. The number of ether oxygens (including phenoxy) is 5. The van der Waals surface area contributed by atoms with E-state index in [4.69, 9.17) is 23.7 Å². The van der Waals surface area contributed by atoms with Gasteiger partial charge in [0.25, 0.3) is 0 Å². The molecule has 0 saturated carbocycles. The van der Waals surface area contributed by atoms with E-state index < -0.39 is 0 Å². The number of nitrogens with zero attached hydrogens (tertiary/aromatic N) is 1. The quantitative estimate of drug-likeness (QED) is 0.165. The van der Waals surface area contributed by atoms with Gasteiger partial charge in [0.15, 0.2) is 19.4 Å². The van der Waals surface area contributed by atoms with Crippen molar-refractivity contribution in [1.82, 2.24) is 4.90 Å².